The Morgan fingerprint density at radius 3 is 2.41 bits per heavy atom. The van der Waals surface area contributed by atoms with E-state index < -0.39 is 0 Å². The summed E-state index contributed by atoms with van der Waals surface area (Å²) in [5.41, 5.74) is 5.19. The molecule has 0 unspecified atom stereocenters. The molecular formula is C24H24N4O. The van der Waals surface area contributed by atoms with Crippen LogP contribution in [0.3, 0.4) is 0 Å². The molecule has 0 atom stereocenters. The summed E-state index contributed by atoms with van der Waals surface area (Å²) in [4.78, 5) is 19.6. The van der Waals surface area contributed by atoms with Crippen LogP contribution in [0, 0.1) is 0 Å². The summed E-state index contributed by atoms with van der Waals surface area (Å²) in [6.45, 7) is 6.18. The van der Waals surface area contributed by atoms with Crippen molar-refractivity contribution in [2.75, 3.05) is 23.3 Å². The maximum atomic E-state index is 12.7. The van der Waals surface area contributed by atoms with Gasteiger partial charge in [-0.25, -0.2) is 4.98 Å². The number of carbonyl (C=O) groups is 1. The van der Waals surface area contributed by atoms with Gasteiger partial charge in [0.2, 0.25) is 0 Å². The molecule has 0 aliphatic carbocycles. The predicted octanol–water partition coefficient (Wildman–Crippen LogP) is 5.10. The third kappa shape index (κ3) is 3.99. The average molecular weight is 384 g/mol. The number of pyridine rings is 1. The maximum absolute atomic E-state index is 12.7. The van der Waals surface area contributed by atoms with Crippen LogP contribution in [0.15, 0.2) is 79.1 Å². The van der Waals surface area contributed by atoms with Gasteiger partial charge in [-0.1, -0.05) is 30.3 Å². The molecule has 0 aliphatic heterocycles. The first-order valence-electron chi connectivity index (χ1n) is 9.88. The lowest BCUT2D eigenvalue weighted by molar-refractivity contribution is 0.102. The summed E-state index contributed by atoms with van der Waals surface area (Å²) in [7, 11) is 0. The molecule has 29 heavy (non-hydrogen) atoms. The molecular weight excluding hydrogens is 360 g/mol. The zero-order valence-corrected chi connectivity index (χ0v) is 16.7. The molecule has 146 valence electrons. The molecule has 0 spiro atoms. The Hall–Kier alpha value is -3.60. The fourth-order valence-electron chi connectivity index (χ4n) is 3.42. The molecule has 0 bridgehead atoms. The van der Waals surface area contributed by atoms with E-state index in [0.29, 0.717) is 5.56 Å². The highest BCUT2D eigenvalue weighted by molar-refractivity contribution is 6.04. The van der Waals surface area contributed by atoms with Crippen molar-refractivity contribution in [3.8, 4) is 11.3 Å². The molecule has 0 saturated heterocycles. The van der Waals surface area contributed by atoms with Gasteiger partial charge in [-0.3, -0.25) is 4.79 Å². The van der Waals surface area contributed by atoms with Crippen LogP contribution < -0.4 is 10.2 Å². The van der Waals surface area contributed by atoms with E-state index in [0.717, 1.165) is 41.4 Å². The third-order valence-electron chi connectivity index (χ3n) is 5.05. The number of rotatable bonds is 6. The van der Waals surface area contributed by atoms with Gasteiger partial charge in [0.05, 0.1) is 5.69 Å². The zero-order chi connectivity index (χ0) is 20.2. The van der Waals surface area contributed by atoms with Gasteiger partial charge in [0.1, 0.15) is 5.65 Å². The van der Waals surface area contributed by atoms with E-state index >= 15 is 0 Å². The zero-order valence-electron chi connectivity index (χ0n) is 16.7. The van der Waals surface area contributed by atoms with Crippen LogP contribution in [0.1, 0.15) is 24.2 Å². The molecule has 2 aromatic carbocycles. The molecule has 5 nitrogen and oxygen atoms in total. The number of imidazole rings is 1. The van der Waals surface area contributed by atoms with E-state index in [9.17, 15) is 4.79 Å². The van der Waals surface area contributed by atoms with E-state index in [1.807, 2.05) is 83.5 Å². The molecule has 0 saturated carbocycles. The molecule has 2 heterocycles. The Morgan fingerprint density at radius 2 is 1.72 bits per heavy atom. The lowest BCUT2D eigenvalue weighted by Crippen LogP contribution is -2.21. The van der Waals surface area contributed by atoms with Crippen LogP contribution >= 0.6 is 0 Å². The number of fused-ring (bicyclic) bond motifs is 1. The summed E-state index contributed by atoms with van der Waals surface area (Å²) in [5, 5.41) is 2.97. The van der Waals surface area contributed by atoms with Crippen molar-refractivity contribution in [3.63, 3.8) is 0 Å². The number of hydrogen-bond donors (Lipinski definition) is 1. The number of nitrogens with one attached hydrogen (secondary N) is 1. The van der Waals surface area contributed by atoms with E-state index in [-0.39, 0.29) is 5.91 Å². The monoisotopic (exact) mass is 384 g/mol. The number of anilines is 2. The van der Waals surface area contributed by atoms with Gasteiger partial charge >= 0.3 is 0 Å². The van der Waals surface area contributed by atoms with Gasteiger partial charge < -0.3 is 14.6 Å². The molecule has 1 N–H and O–H groups in total. The normalized spacial score (nSPS) is 10.8. The van der Waals surface area contributed by atoms with Crippen molar-refractivity contribution >= 4 is 22.9 Å². The highest BCUT2D eigenvalue weighted by Crippen LogP contribution is 2.21. The summed E-state index contributed by atoms with van der Waals surface area (Å²) in [6, 6.07) is 21.6. The molecule has 0 radical (unpaired) electrons. The number of carbonyl (C=O) groups excluding carboxylic acids is 1. The average Bonchev–Trinajstić information content (AvgIpc) is 3.20. The van der Waals surface area contributed by atoms with Crippen LogP contribution in [0.2, 0.25) is 0 Å². The van der Waals surface area contributed by atoms with Crippen molar-refractivity contribution in [1.29, 1.82) is 0 Å². The topological polar surface area (TPSA) is 49.6 Å². The van der Waals surface area contributed by atoms with E-state index in [1.165, 1.54) is 0 Å². The minimum atomic E-state index is -0.146. The highest BCUT2D eigenvalue weighted by atomic mass is 16.1. The Balaban J connectivity index is 1.52. The summed E-state index contributed by atoms with van der Waals surface area (Å²) in [6.07, 6.45) is 3.84. The van der Waals surface area contributed by atoms with Gasteiger partial charge in [-0.15, -0.1) is 0 Å². The fourth-order valence-corrected chi connectivity index (χ4v) is 3.42. The molecule has 0 aliphatic rings. The molecule has 4 aromatic rings. The van der Waals surface area contributed by atoms with Crippen molar-refractivity contribution < 1.29 is 4.79 Å². The third-order valence-corrected chi connectivity index (χ3v) is 5.05. The Kier molecular flexibility index (Phi) is 5.29. The number of aromatic nitrogens is 2. The van der Waals surface area contributed by atoms with Crippen molar-refractivity contribution in [3.05, 3.63) is 84.7 Å². The molecule has 0 fully saturated rings. The van der Waals surface area contributed by atoms with Gasteiger partial charge in [-0.05, 0) is 50.2 Å². The van der Waals surface area contributed by atoms with Crippen molar-refractivity contribution in [2.24, 2.45) is 0 Å². The second kappa shape index (κ2) is 8.19. The molecule has 4 rings (SSSR count). The molecule has 5 heteroatoms. The first kappa shape index (κ1) is 18.7. The van der Waals surface area contributed by atoms with Crippen LogP contribution in [0.5, 0.6) is 0 Å². The second-order valence-electron chi connectivity index (χ2n) is 6.85. The summed E-state index contributed by atoms with van der Waals surface area (Å²) < 4.78 is 1.93. The standard InChI is InChI=1S/C24H24N4O/c1-3-27(4-2)21-12-10-20(11-13-21)25-24(29)19-14-15-28-17-22(26-23(28)16-19)18-8-6-5-7-9-18/h5-17H,3-4H2,1-2H3,(H,25,29). The number of benzene rings is 2. The van der Waals surface area contributed by atoms with E-state index in [2.05, 4.69) is 29.0 Å². The van der Waals surface area contributed by atoms with Crippen molar-refractivity contribution in [1.82, 2.24) is 9.38 Å². The Labute approximate surface area is 170 Å². The summed E-state index contributed by atoms with van der Waals surface area (Å²) >= 11 is 0. The largest absolute Gasteiger partial charge is 0.372 e. The van der Waals surface area contributed by atoms with Gasteiger partial charge in [0.15, 0.2) is 0 Å². The second-order valence-corrected chi connectivity index (χ2v) is 6.85. The van der Waals surface area contributed by atoms with Gasteiger partial charge in [-0.2, -0.15) is 0 Å². The van der Waals surface area contributed by atoms with E-state index in [1.54, 1.807) is 0 Å². The fraction of sp³-hybridized carbons (Fsp3) is 0.167. The Bertz CT molecular complexity index is 1110. The first-order valence-corrected chi connectivity index (χ1v) is 9.88. The smallest absolute Gasteiger partial charge is 0.255 e. The van der Waals surface area contributed by atoms with Gasteiger partial charge in [0, 0.05) is 48.0 Å². The number of amides is 1. The Morgan fingerprint density at radius 1 is 1.00 bits per heavy atom. The SMILES string of the molecule is CCN(CC)c1ccc(NC(=O)c2ccn3cc(-c4ccccc4)nc3c2)cc1. The first-order chi connectivity index (χ1) is 14.2. The van der Waals surface area contributed by atoms with E-state index in [4.69, 9.17) is 0 Å². The van der Waals surface area contributed by atoms with Gasteiger partial charge in [0.25, 0.3) is 5.91 Å². The van der Waals surface area contributed by atoms with Crippen molar-refractivity contribution in [2.45, 2.75) is 13.8 Å². The maximum Gasteiger partial charge on any atom is 0.255 e. The molecule has 1 amide bonds. The quantitative estimate of drug-likeness (QED) is 0.503. The van der Waals surface area contributed by atoms with Crippen LogP contribution in [-0.4, -0.2) is 28.4 Å². The minimum Gasteiger partial charge on any atom is -0.372 e. The number of nitrogens with zero attached hydrogens (tertiary/aromatic N) is 3. The lowest BCUT2D eigenvalue weighted by Gasteiger charge is -2.21. The van der Waals surface area contributed by atoms with Crippen LogP contribution in [0.25, 0.3) is 16.9 Å². The minimum absolute atomic E-state index is 0.146. The molecule has 2 aromatic heterocycles. The predicted molar refractivity (Wildman–Crippen MR) is 119 cm³/mol. The van der Waals surface area contributed by atoms with Crippen LogP contribution in [-0.2, 0) is 0 Å². The lowest BCUT2D eigenvalue weighted by atomic mass is 10.2. The van der Waals surface area contributed by atoms with Crippen LogP contribution in [0.4, 0.5) is 11.4 Å². The number of hydrogen-bond acceptors (Lipinski definition) is 3. The highest BCUT2D eigenvalue weighted by Gasteiger charge is 2.10. The summed E-state index contributed by atoms with van der Waals surface area (Å²) in [5.74, 6) is -0.146.